The van der Waals surface area contributed by atoms with Crippen LogP contribution in [-0.2, 0) is 20.9 Å². The Morgan fingerprint density at radius 2 is 1.92 bits per heavy atom. The zero-order valence-electron chi connectivity index (χ0n) is 16.0. The number of likely N-dealkylation sites (N-methyl/N-ethyl adjacent to an activating group) is 1. The van der Waals surface area contributed by atoms with E-state index in [1.807, 2.05) is 12.1 Å². The molecule has 0 radical (unpaired) electrons. The van der Waals surface area contributed by atoms with Gasteiger partial charge in [0.1, 0.15) is 0 Å². The molecule has 1 aliphatic heterocycles. The first kappa shape index (κ1) is 20.4. The number of piperazine rings is 1. The fraction of sp³-hybridized carbons (Fsp3) is 0.579. The van der Waals surface area contributed by atoms with Crippen molar-refractivity contribution < 1.29 is 14.3 Å². The van der Waals surface area contributed by atoms with E-state index in [4.69, 9.17) is 4.74 Å². The lowest BCUT2D eigenvalue weighted by Crippen LogP contribution is -2.47. The normalized spacial score (nSPS) is 16.9. The zero-order valence-corrected chi connectivity index (χ0v) is 16.0. The first-order chi connectivity index (χ1) is 12.5. The molecule has 26 heavy (non-hydrogen) atoms. The Morgan fingerprint density at radius 3 is 2.62 bits per heavy atom. The van der Waals surface area contributed by atoms with Crippen LogP contribution in [0.25, 0.3) is 0 Å². The van der Waals surface area contributed by atoms with E-state index in [0.29, 0.717) is 24.8 Å². The molecular formula is C19H30N4O3. The fourth-order valence-corrected chi connectivity index (χ4v) is 2.98. The van der Waals surface area contributed by atoms with E-state index in [1.54, 1.807) is 19.2 Å². The maximum absolute atomic E-state index is 12.0. The third-order valence-electron chi connectivity index (χ3n) is 4.48. The number of nitrogens with zero attached hydrogens (tertiary/aromatic N) is 2. The molecule has 2 amide bonds. The molecule has 0 aliphatic carbocycles. The molecule has 0 spiro atoms. The Balaban J connectivity index is 1.73. The van der Waals surface area contributed by atoms with Crippen molar-refractivity contribution in [3.8, 4) is 0 Å². The molecule has 1 aromatic rings. The van der Waals surface area contributed by atoms with Gasteiger partial charge in [0.05, 0.1) is 6.61 Å². The summed E-state index contributed by atoms with van der Waals surface area (Å²) in [6.07, 6.45) is 0. The molecule has 7 heteroatoms. The molecule has 1 aromatic carbocycles. The van der Waals surface area contributed by atoms with Crippen LogP contribution in [0.2, 0.25) is 0 Å². The van der Waals surface area contributed by atoms with E-state index >= 15 is 0 Å². The molecule has 0 aromatic heterocycles. The second-order valence-corrected chi connectivity index (χ2v) is 7.01. The highest BCUT2D eigenvalue weighted by atomic mass is 16.5. The van der Waals surface area contributed by atoms with Crippen LogP contribution in [0.5, 0.6) is 0 Å². The number of benzene rings is 1. The number of ether oxygens (including phenoxy) is 1. The third-order valence-corrected chi connectivity index (χ3v) is 4.48. The smallest absolute Gasteiger partial charge is 0.313 e. The van der Waals surface area contributed by atoms with E-state index in [9.17, 15) is 9.59 Å². The van der Waals surface area contributed by atoms with Gasteiger partial charge in [-0.15, -0.1) is 0 Å². The summed E-state index contributed by atoms with van der Waals surface area (Å²) < 4.78 is 5.07. The molecule has 1 unspecified atom stereocenters. The summed E-state index contributed by atoms with van der Waals surface area (Å²) in [7, 11) is 3.74. The Bertz CT molecular complexity index is 600. The van der Waals surface area contributed by atoms with E-state index < -0.39 is 11.8 Å². The average molecular weight is 362 g/mol. The minimum absolute atomic E-state index is 0.292. The minimum Gasteiger partial charge on any atom is -0.380 e. The van der Waals surface area contributed by atoms with Crippen LogP contribution >= 0.6 is 0 Å². The van der Waals surface area contributed by atoms with E-state index in [2.05, 4.69) is 34.4 Å². The van der Waals surface area contributed by atoms with E-state index in [1.165, 1.54) is 0 Å². The van der Waals surface area contributed by atoms with Gasteiger partial charge in [-0.1, -0.05) is 19.1 Å². The predicted octanol–water partition coefficient (Wildman–Crippen LogP) is 0.771. The summed E-state index contributed by atoms with van der Waals surface area (Å²) in [4.78, 5) is 28.8. The van der Waals surface area contributed by atoms with E-state index in [0.717, 1.165) is 38.3 Å². The van der Waals surface area contributed by atoms with Crippen molar-refractivity contribution in [3.63, 3.8) is 0 Å². The number of anilines is 1. The van der Waals surface area contributed by atoms with Crippen molar-refractivity contribution in [1.29, 1.82) is 0 Å². The van der Waals surface area contributed by atoms with Crippen LogP contribution in [0.1, 0.15) is 12.5 Å². The Hall–Kier alpha value is -1.96. The van der Waals surface area contributed by atoms with Crippen molar-refractivity contribution in [2.24, 2.45) is 5.92 Å². The van der Waals surface area contributed by atoms with Crippen LogP contribution in [0.15, 0.2) is 24.3 Å². The summed E-state index contributed by atoms with van der Waals surface area (Å²) in [5.74, 6) is -0.959. The molecule has 1 saturated heterocycles. The van der Waals surface area contributed by atoms with Gasteiger partial charge >= 0.3 is 11.8 Å². The zero-order chi connectivity index (χ0) is 18.9. The van der Waals surface area contributed by atoms with Crippen molar-refractivity contribution in [3.05, 3.63) is 29.8 Å². The topological polar surface area (TPSA) is 73.9 Å². The number of hydrogen-bond acceptors (Lipinski definition) is 5. The highest BCUT2D eigenvalue weighted by molar-refractivity contribution is 6.39. The molecule has 7 nitrogen and oxygen atoms in total. The lowest BCUT2D eigenvalue weighted by atomic mass is 10.1. The third kappa shape index (κ3) is 6.74. The van der Waals surface area contributed by atoms with Gasteiger partial charge in [-0.2, -0.15) is 0 Å². The molecule has 0 bridgehead atoms. The Labute approximate surface area is 155 Å². The second-order valence-electron chi connectivity index (χ2n) is 7.01. The maximum atomic E-state index is 12.0. The summed E-state index contributed by atoms with van der Waals surface area (Å²) >= 11 is 0. The predicted molar refractivity (Wildman–Crippen MR) is 102 cm³/mol. The lowest BCUT2D eigenvalue weighted by molar-refractivity contribution is -0.136. The molecule has 0 saturated carbocycles. The van der Waals surface area contributed by atoms with Crippen molar-refractivity contribution in [1.82, 2.24) is 15.1 Å². The van der Waals surface area contributed by atoms with Crippen LogP contribution in [-0.4, -0.2) is 75.0 Å². The highest BCUT2D eigenvalue weighted by Crippen LogP contribution is 2.11. The molecule has 2 rings (SSSR count). The number of nitrogens with one attached hydrogen (secondary N) is 2. The number of carbonyl (C=O) groups excluding carboxylic acids is 2. The first-order valence-corrected chi connectivity index (χ1v) is 9.06. The Kier molecular flexibility index (Phi) is 8.03. The number of methoxy groups -OCH3 is 1. The van der Waals surface area contributed by atoms with Gasteiger partial charge < -0.3 is 25.2 Å². The summed E-state index contributed by atoms with van der Waals surface area (Å²) in [5.41, 5.74) is 1.52. The fourth-order valence-electron chi connectivity index (χ4n) is 2.98. The average Bonchev–Trinajstić information content (AvgIpc) is 2.62. The molecule has 1 heterocycles. The van der Waals surface area contributed by atoms with Gasteiger partial charge in [0.25, 0.3) is 0 Å². The van der Waals surface area contributed by atoms with Gasteiger partial charge in [-0.3, -0.25) is 9.59 Å². The maximum Gasteiger partial charge on any atom is 0.313 e. The van der Waals surface area contributed by atoms with Crippen molar-refractivity contribution in [2.45, 2.75) is 13.5 Å². The molecule has 2 N–H and O–H groups in total. The number of hydrogen-bond donors (Lipinski definition) is 2. The largest absolute Gasteiger partial charge is 0.380 e. The van der Waals surface area contributed by atoms with Crippen LogP contribution in [0.3, 0.4) is 0 Å². The standard InChI is InChI=1S/C19H30N4O3/c1-15(13-23-9-7-22(2)8-10-23)12-20-18(24)19(25)21-17-6-4-5-16(11-17)14-26-3/h4-6,11,15H,7-10,12-14H2,1-3H3,(H,20,24)(H,21,25). The van der Waals surface area contributed by atoms with Gasteiger partial charge in [-0.05, 0) is 30.7 Å². The van der Waals surface area contributed by atoms with Gasteiger partial charge in [0.2, 0.25) is 0 Å². The van der Waals surface area contributed by atoms with Crippen molar-refractivity contribution >= 4 is 17.5 Å². The van der Waals surface area contributed by atoms with Gasteiger partial charge in [0, 0.05) is 52.1 Å². The number of rotatable bonds is 7. The van der Waals surface area contributed by atoms with Gasteiger partial charge in [0.15, 0.2) is 0 Å². The number of amides is 2. The molecule has 1 aliphatic rings. The lowest BCUT2D eigenvalue weighted by Gasteiger charge is -2.33. The molecule has 1 atom stereocenters. The highest BCUT2D eigenvalue weighted by Gasteiger charge is 2.18. The molecule has 144 valence electrons. The minimum atomic E-state index is -0.647. The van der Waals surface area contributed by atoms with E-state index in [-0.39, 0.29) is 0 Å². The monoisotopic (exact) mass is 362 g/mol. The van der Waals surface area contributed by atoms with Crippen molar-refractivity contribution in [2.75, 3.05) is 58.7 Å². The van der Waals surface area contributed by atoms with Crippen LogP contribution in [0.4, 0.5) is 5.69 Å². The number of carbonyl (C=O) groups is 2. The van der Waals surface area contributed by atoms with Gasteiger partial charge in [-0.25, -0.2) is 0 Å². The molecular weight excluding hydrogens is 332 g/mol. The summed E-state index contributed by atoms with van der Waals surface area (Å²) in [6, 6.07) is 7.27. The summed E-state index contributed by atoms with van der Waals surface area (Å²) in [5, 5.41) is 5.36. The van der Waals surface area contributed by atoms with Crippen LogP contribution in [0, 0.1) is 5.92 Å². The summed E-state index contributed by atoms with van der Waals surface area (Å²) in [6.45, 7) is 8.20. The quantitative estimate of drug-likeness (QED) is 0.701. The Morgan fingerprint density at radius 1 is 1.19 bits per heavy atom. The van der Waals surface area contributed by atoms with Crippen LogP contribution < -0.4 is 10.6 Å². The second kappa shape index (κ2) is 10.3. The molecule has 1 fully saturated rings. The first-order valence-electron chi connectivity index (χ1n) is 9.06. The SMILES string of the molecule is COCc1cccc(NC(=O)C(=O)NCC(C)CN2CCN(C)CC2)c1.